The Morgan fingerprint density at radius 3 is 2.03 bits per heavy atom. The first kappa shape index (κ1) is 29.5. The SMILES string of the molecule is CC(C)CNC(=O)[C@@H](C)N(Cc1ccccc1Cl)C(=O)CN(c1ccccc1Cl)S(=O)(=O)c1ccccc1. The standard InChI is InChI=1S/C28H31Cl2N3O4S/c1-20(2)17-31-28(35)21(3)32(18-22-11-7-8-14-24(22)29)27(34)19-33(26-16-10-9-15-25(26)30)38(36,37)23-12-5-4-6-13-23/h4-16,20-21H,17-19H2,1-3H3,(H,31,35)/t21-/m1/s1. The molecule has 0 radical (unpaired) electrons. The van der Waals surface area contributed by atoms with Crippen LogP contribution in [0.25, 0.3) is 0 Å². The number of halogens is 2. The van der Waals surface area contributed by atoms with Gasteiger partial charge in [0.2, 0.25) is 11.8 Å². The molecule has 0 spiro atoms. The van der Waals surface area contributed by atoms with Crippen LogP contribution in [0.15, 0.2) is 83.8 Å². The number of sulfonamides is 1. The van der Waals surface area contributed by atoms with Gasteiger partial charge in [0, 0.05) is 18.1 Å². The molecule has 0 saturated carbocycles. The molecule has 0 fully saturated rings. The van der Waals surface area contributed by atoms with Crippen molar-refractivity contribution in [3.8, 4) is 0 Å². The number of nitrogens with zero attached hydrogens (tertiary/aromatic N) is 2. The summed E-state index contributed by atoms with van der Waals surface area (Å²) in [6.45, 7) is 5.41. The van der Waals surface area contributed by atoms with Crippen molar-refractivity contribution >= 4 is 50.7 Å². The van der Waals surface area contributed by atoms with Crippen LogP contribution in [0.4, 0.5) is 5.69 Å². The molecular formula is C28H31Cl2N3O4S. The first-order valence-electron chi connectivity index (χ1n) is 12.1. The maximum atomic E-state index is 13.9. The molecule has 1 N–H and O–H groups in total. The summed E-state index contributed by atoms with van der Waals surface area (Å²) in [5.41, 5.74) is 0.780. The van der Waals surface area contributed by atoms with Crippen LogP contribution in [0.1, 0.15) is 26.3 Å². The predicted octanol–water partition coefficient (Wildman–Crippen LogP) is 5.38. The summed E-state index contributed by atoms with van der Waals surface area (Å²) in [4.78, 5) is 28.2. The Balaban J connectivity index is 2.02. The van der Waals surface area contributed by atoms with Crippen molar-refractivity contribution in [2.24, 2.45) is 5.92 Å². The molecule has 1 atom stereocenters. The van der Waals surface area contributed by atoms with E-state index in [9.17, 15) is 18.0 Å². The van der Waals surface area contributed by atoms with Gasteiger partial charge in [-0.1, -0.05) is 85.6 Å². The zero-order valence-corrected chi connectivity index (χ0v) is 23.8. The Labute approximate surface area is 234 Å². The maximum absolute atomic E-state index is 13.9. The summed E-state index contributed by atoms with van der Waals surface area (Å²) in [5, 5.41) is 3.45. The number of rotatable bonds is 11. The number of para-hydroxylation sites is 1. The number of hydrogen-bond acceptors (Lipinski definition) is 4. The highest BCUT2D eigenvalue weighted by atomic mass is 35.5. The predicted molar refractivity (Wildman–Crippen MR) is 152 cm³/mol. The monoisotopic (exact) mass is 575 g/mol. The lowest BCUT2D eigenvalue weighted by Gasteiger charge is -2.32. The van der Waals surface area contributed by atoms with Crippen molar-refractivity contribution in [1.29, 1.82) is 0 Å². The second-order valence-corrected chi connectivity index (χ2v) is 11.9. The lowest BCUT2D eigenvalue weighted by molar-refractivity contribution is -0.139. The van der Waals surface area contributed by atoms with Crippen LogP contribution in [-0.2, 0) is 26.2 Å². The van der Waals surface area contributed by atoms with Gasteiger partial charge in [0.25, 0.3) is 10.0 Å². The highest BCUT2D eigenvalue weighted by molar-refractivity contribution is 7.92. The molecule has 202 valence electrons. The van der Waals surface area contributed by atoms with Gasteiger partial charge in [0.1, 0.15) is 12.6 Å². The molecule has 0 aliphatic rings. The number of benzene rings is 3. The molecule has 3 aromatic rings. The van der Waals surface area contributed by atoms with Gasteiger partial charge >= 0.3 is 0 Å². The number of carbonyl (C=O) groups excluding carboxylic acids is 2. The van der Waals surface area contributed by atoms with E-state index in [1.54, 1.807) is 67.6 Å². The van der Waals surface area contributed by atoms with Crippen LogP contribution in [0.5, 0.6) is 0 Å². The molecule has 3 aromatic carbocycles. The Morgan fingerprint density at radius 1 is 0.842 bits per heavy atom. The van der Waals surface area contributed by atoms with E-state index in [4.69, 9.17) is 23.2 Å². The van der Waals surface area contributed by atoms with E-state index in [2.05, 4.69) is 5.32 Å². The van der Waals surface area contributed by atoms with Crippen molar-refractivity contribution in [3.63, 3.8) is 0 Å². The molecule has 7 nitrogen and oxygen atoms in total. The lowest BCUT2D eigenvalue weighted by Crippen LogP contribution is -2.51. The summed E-state index contributed by atoms with van der Waals surface area (Å²) in [5.74, 6) is -0.726. The third-order valence-electron chi connectivity index (χ3n) is 5.88. The Kier molecular flexibility index (Phi) is 10.2. The quantitative estimate of drug-likeness (QED) is 0.332. The van der Waals surface area contributed by atoms with E-state index in [0.29, 0.717) is 17.1 Å². The molecule has 3 rings (SSSR count). The molecule has 0 aromatic heterocycles. The number of hydrogen-bond donors (Lipinski definition) is 1. The fourth-order valence-corrected chi connectivity index (χ4v) is 5.67. The van der Waals surface area contributed by atoms with E-state index in [1.807, 2.05) is 13.8 Å². The molecule has 0 unspecified atom stereocenters. The lowest BCUT2D eigenvalue weighted by atomic mass is 10.1. The van der Waals surface area contributed by atoms with Gasteiger partial charge in [-0.05, 0) is 48.7 Å². The molecule has 0 bridgehead atoms. The van der Waals surface area contributed by atoms with Gasteiger partial charge in [-0.3, -0.25) is 13.9 Å². The Morgan fingerprint density at radius 2 is 1.42 bits per heavy atom. The van der Waals surface area contributed by atoms with Crippen molar-refractivity contribution in [1.82, 2.24) is 10.2 Å². The molecule has 0 heterocycles. The van der Waals surface area contributed by atoms with Crippen LogP contribution in [0, 0.1) is 5.92 Å². The smallest absolute Gasteiger partial charge is 0.264 e. The fourth-order valence-electron chi connectivity index (χ4n) is 3.73. The molecule has 38 heavy (non-hydrogen) atoms. The first-order chi connectivity index (χ1) is 18.0. The van der Waals surface area contributed by atoms with Crippen LogP contribution in [-0.4, -0.2) is 44.3 Å². The number of amides is 2. The van der Waals surface area contributed by atoms with Crippen molar-refractivity contribution < 1.29 is 18.0 Å². The van der Waals surface area contributed by atoms with Gasteiger partial charge in [-0.2, -0.15) is 0 Å². The number of nitrogens with one attached hydrogen (secondary N) is 1. The highest BCUT2D eigenvalue weighted by Crippen LogP contribution is 2.31. The first-order valence-corrected chi connectivity index (χ1v) is 14.3. The summed E-state index contributed by atoms with van der Waals surface area (Å²) in [6.07, 6.45) is 0. The third kappa shape index (κ3) is 7.28. The molecular weight excluding hydrogens is 545 g/mol. The minimum absolute atomic E-state index is 0.00750. The maximum Gasteiger partial charge on any atom is 0.264 e. The average molecular weight is 577 g/mol. The molecule has 2 amide bonds. The fraction of sp³-hybridized carbons (Fsp3) is 0.286. The van der Waals surface area contributed by atoms with Crippen molar-refractivity contribution in [3.05, 3.63) is 94.5 Å². The number of anilines is 1. The minimum atomic E-state index is -4.18. The summed E-state index contributed by atoms with van der Waals surface area (Å²) in [6, 6.07) is 20.3. The van der Waals surface area contributed by atoms with Crippen molar-refractivity contribution in [2.45, 2.75) is 38.3 Å². The summed E-state index contributed by atoms with van der Waals surface area (Å²) < 4.78 is 28.4. The number of carbonyl (C=O) groups is 2. The van der Waals surface area contributed by atoms with Gasteiger partial charge in [0.15, 0.2) is 0 Å². The van der Waals surface area contributed by atoms with Crippen molar-refractivity contribution in [2.75, 3.05) is 17.4 Å². The molecule has 0 saturated heterocycles. The van der Waals surface area contributed by atoms with Crippen LogP contribution < -0.4 is 9.62 Å². The molecule has 0 aliphatic heterocycles. The third-order valence-corrected chi connectivity index (χ3v) is 8.34. The molecule has 10 heteroatoms. The second kappa shape index (κ2) is 13.1. The van der Waals surface area contributed by atoms with E-state index in [-0.39, 0.29) is 34.0 Å². The van der Waals surface area contributed by atoms with E-state index in [0.717, 1.165) is 4.31 Å². The minimum Gasteiger partial charge on any atom is -0.354 e. The zero-order valence-electron chi connectivity index (χ0n) is 21.5. The Bertz CT molecular complexity index is 1370. The normalized spacial score (nSPS) is 12.2. The summed E-state index contributed by atoms with van der Waals surface area (Å²) in [7, 11) is -4.18. The van der Waals surface area contributed by atoms with E-state index < -0.39 is 28.5 Å². The Hall–Kier alpha value is -3.07. The highest BCUT2D eigenvalue weighted by Gasteiger charge is 2.33. The van der Waals surface area contributed by atoms with E-state index in [1.165, 1.54) is 23.1 Å². The van der Waals surface area contributed by atoms with Gasteiger partial charge in [-0.25, -0.2) is 8.42 Å². The van der Waals surface area contributed by atoms with Gasteiger partial charge in [-0.15, -0.1) is 0 Å². The van der Waals surface area contributed by atoms with E-state index >= 15 is 0 Å². The topological polar surface area (TPSA) is 86.8 Å². The second-order valence-electron chi connectivity index (χ2n) is 9.20. The van der Waals surface area contributed by atoms with Crippen LogP contribution >= 0.6 is 23.2 Å². The van der Waals surface area contributed by atoms with Gasteiger partial charge in [0.05, 0.1) is 15.6 Å². The van der Waals surface area contributed by atoms with Gasteiger partial charge < -0.3 is 10.2 Å². The average Bonchev–Trinajstić information content (AvgIpc) is 2.90. The van der Waals surface area contributed by atoms with Crippen LogP contribution in [0.3, 0.4) is 0 Å². The molecule has 0 aliphatic carbocycles. The zero-order chi connectivity index (χ0) is 27.9. The largest absolute Gasteiger partial charge is 0.354 e. The summed E-state index contributed by atoms with van der Waals surface area (Å²) >= 11 is 12.8. The van der Waals surface area contributed by atoms with Crippen LogP contribution in [0.2, 0.25) is 10.0 Å².